The van der Waals surface area contributed by atoms with E-state index in [0.29, 0.717) is 0 Å². The Morgan fingerprint density at radius 1 is 0.244 bits per heavy atom. The first-order valence-electron chi connectivity index (χ1n) is 26.4. The molecule has 8 nitrogen and oxygen atoms in total. The Kier molecular flexibility index (Phi) is 8.24. The summed E-state index contributed by atoms with van der Waals surface area (Å²) in [7, 11) is 0. The summed E-state index contributed by atoms with van der Waals surface area (Å²) < 4.78 is 23.2. The van der Waals surface area contributed by atoms with Crippen molar-refractivity contribution in [3.05, 3.63) is 243 Å². The molecule has 8 heterocycles. The first-order chi connectivity index (χ1) is 38.7. The molecule has 0 bridgehead atoms. The lowest BCUT2D eigenvalue weighted by atomic mass is 10.1. The predicted molar refractivity (Wildman–Crippen MR) is 319 cm³/mol. The molecule has 0 aliphatic carbocycles. The van der Waals surface area contributed by atoms with Gasteiger partial charge in [0.25, 0.3) is 0 Å². The summed E-state index contributed by atoms with van der Waals surface area (Å²) in [5, 5.41) is 13.6. The molecular weight excluding hydrogens is 957 g/mol. The van der Waals surface area contributed by atoms with Gasteiger partial charge in [0.05, 0.1) is 78.7 Å². The fourth-order valence-corrected chi connectivity index (χ4v) is 13.2. The van der Waals surface area contributed by atoms with Gasteiger partial charge in [0.1, 0.15) is 22.3 Å². The van der Waals surface area contributed by atoms with E-state index in [2.05, 4.69) is 237 Å². The molecule has 0 unspecified atom stereocenters. The average molecular weight is 997 g/mol. The molecule has 18 rings (SSSR count). The van der Waals surface area contributed by atoms with Crippen LogP contribution in [0.15, 0.2) is 252 Å². The van der Waals surface area contributed by atoms with Gasteiger partial charge in [-0.25, -0.2) is 0 Å². The van der Waals surface area contributed by atoms with Crippen LogP contribution in [0, 0.1) is 0 Å². The van der Waals surface area contributed by atoms with Crippen molar-refractivity contribution in [1.29, 1.82) is 0 Å². The zero-order valence-electron chi connectivity index (χ0n) is 41.6. The van der Waals surface area contributed by atoms with Gasteiger partial charge in [0, 0.05) is 88.8 Å². The normalized spacial score (nSPS) is 12.4. The van der Waals surface area contributed by atoms with Crippen molar-refractivity contribution in [2.45, 2.75) is 0 Å². The number of benzene rings is 10. The lowest BCUT2D eigenvalue weighted by Crippen LogP contribution is -1.97. The Bertz CT molecular complexity index is 5150. The Morgan fingerprint density at radius 2 is 0.577 bits per heavy atom. The molecule has 0 spiro atoms. The standard InChI is InChI=1S/C70H40N6O2/c1-7-19-57-47(13-1)48-14-2-8-20-58(48)73(57)43-25-31-65-55(35-43)51-27-29-63-67(69(51)77-65)53-17-5-11-23-61(53)75(63)45-33-41(37-71-39-45)42-34-46(40-72-38-42)76-62-24-12-6-18-54(62)68-64(76)30-28-52-56-36-44(26-32-66(56)78-70(52)68)74-59-21-9-3-15-49(59)50-16-4-10-22-60(50)74/h1-40H. The molecule has 0 radical (unpaired) electrons. The minimum absolute atomic E-state index is 0.852. The molecule has 0 aliphatic heterocycles. The summed E-state index contributed by atoms with van der Waals surface area (Å²) >= 11 is 0. The summed E-state index contributed by atoms with van der Waals surface area (Å²) in [5.41, 5.74) is 18.4. The summed E-state index contributed by atoms with van der Waals surface area (Å²) in [6.07, 6.45) is 7.76. The van der Waals surface area contributed by atoms with Gasteiger partial charge in [0.2, 0.25) is 0 Å². The predicted octanol–water partition coefficient (Wildman–Crippen LogP) is 18.3. The maximum atomic E-state index is 6.90. The lowest BCUT2D eigenvalue weighted by Gasteiger charge is -2.12. The first kappa shape index (κ1) is 41.6. The molecule has 0 atom stereocenters. The van der Waals surface area contributed by atoms with Crippen LogP contribution in [-0.4, -0.2) is 28.2 Å². The van der Waals surface area contributed by atoms with Crippen molar-refractivity contribution < 1.29 is 8.83 Å². The maximum Gasteiger partial charge on any atom is 0.145 e. The highest BCUT2D eigenvalue weighted by molar-refractivity contribution is 6.26. The number of hydrogen-bond acceptors (Lipinski definition) is 4. The van der Waals surface area contributed by atoms with Gasteiger partial charge in [0.15, 0.2) is 0 Å². The summed E-state index contributed by atoms with van der Waals surface area (Å²) in [5.74, 6) is 0. The fraction of sp³-hybridized carbons (Fsp3) is 0. The van der Waals surface area contributed by atoms with Crippen molar-refractivity contribution in [2.24, 2.45) is 0 Å². The molecule has 10 aromatic carbocycles. The van der Waals surface area contributed by atoms with Crippen molar-refractivity contribution in [1.82, 2.24) is 28.2 Å². The highest BCUT2D eigenvalue weighted by atomic mass is 16.3. The quantitative estimate of drug-likeness (QED) is 0.172. The van der Waals surface area contributed by atoms with Gasteiger partial charge < -0.3 is 27.1 Å². The van der Waals surface area contributed by atoms with Gasteiger partial charge in [-0.2, -0.15) is 0 Å². The maximum absolute atomic E-state index is 6.90. The van der Waals surface area contributed by atoms with Crippen LogP contribution in [-0.2, 0) is 0 Å². The van der Waals surface area contributed by atoms with Crippen molar-refractivity contribution >= 4 is 131 Å². The van der Waals surface area contributed by atoms with Crippen LogP contribution in [0.4, 0.5) is 0 Å². The number of furan rings is 2. The van der Waals surface area contributed by atoms with E-state index in [-0.39, 0.29) is 0 Å². The topological polar surface area (TPSA) is 71.8 Å². The molecule has 18 aromatic rings. The molecule has 8 heteroatoms. The molecule has 8 aromatic heterocycles. The molecule has 0 fully saturated rings. The fourth-order valence-electron chi connectivity index (χ4n) is 13.2. The number of para-hydroxylation sites is 6. The number of hydrogen-bond donors (Lipinski definition) is 0. The van der Waals surface area contributed by atoms with Crippen molar-refractivity contribution in [2.75, 3.05) is 0 Å². The summed E-state index contributed by atoms with van der Waals surface area (Å²) in [6.45, 7) is 0. The van der Waals surface area contributed by atoms with Gasteiger partial charge in [-0.1, -0.05) is 109 Å². The molecule has 0 saturated heterocycles. The van der Waals surface area contributed by atoms with Gasteiger partial charge in [-0.15, -0.1) is 0 Å². The molecule has 0 saturated carbocycles. The minimum Gasteiger partial charge on any atom is -0.455 e. The van der Waals surface area contributed by atoms with E-state index in [1.54, 1.807) is 0 Å². The van der Waals surface area contributed by atoms with Crippen LogP contribution in [0.3, 0.4) is 0 Å². The van der Waals surface area contributed by atoms with Crippen molar-refractivity contribution in [3.8, 4) is 33.9 Å². The number of rotatable bonds is 5. The van der Waals surface area contributed by atoms with E-state index in [0.717, 1.165) is 121 Å². The van der Waals surface area contributed by atoms with Crippen LogP contribution in [0.25, 0.3) is 165 Å². The molecule has 0 amide bonds. The first-order valence-corrected chi connectivity index (χ1v) is 26.4. The van der Waals surface area contributed by atoms with E-state index in [9.17, 15) is 0 Å². The highest BCUT2D eigenvalue weighted by Gasteiger charge is 2.23. The third-order valence-electron chi connectivity index (χ3n) is 16.5. The molecule has 0 aliphatic rings. The van der Waals surface area contributed by atoms with Gasteiger partial charge in [-0.3, -0.25) is 9.97 Å². The Labute approximate surface area is 443 Å². The van der Waals surface area contributed by atoms with Crippen LogP contribution < -0.4 is 0 Å². The van der Waals surface area contributed by atoms with Gasteiger partial charge in [-0.05, 0) is 109 Å². The van der Waals surface area contributed by atoms with E-state index in [1.807, 2.05) is 24.8 Å². The van der Waals surface area contributed by atoms with E-state index >= 15 is 0 Å². The molecule has 78 heavy (non-hydrogen) atoms. The zero-order chi connectivity index (χ0) is 50.7. The Balaban J connectivity index is 0.758. The largest absolute Gasteiger partial charge is 0.455 e. The third kappa shape index (κ3) is 5.61. The number of fused-ring (bicyclic) bond motifs is 20. The number of pyridine rings is 2. The van der Waals surface area contributed by atoms with Crippen LogP contribution in [0.2, 0.25) is 0 Å². The second kappa shape index (κ2) is 15.4. The second-order valence-electron chi connectivity index (χ2n) is 20.5. The smallest absolute Gasteiger partial charge is 0.145 e. The van der Waals surface area contributed by atoms with Crippen LogP contribution in [0.1, 0.15) is 0 Å². The highest BCUT2D eigenvalue weighted by Crippen LogP contribution is 2.45. The monoisotopic (exact) mass is 996 g/mol. The number of nitrogens with zero attached hydrogens (tertiary/aromatic N) is 6. The Hall–Kier alpha value is -10.7. The molecule has 362 valence electrons. The van der Waals surface area contributed by atoms with E-state index in [1.165, 1.54) is 43.6 Å². The van der Waals surface area contributed by atoms with E-state index < -0.39 is 0 Å². The Morgan fingerprint density at radius 3 is 0.962 bits per heavy atom. The van der Waals surface area contributed by atoms with Crippen LogP contribution in [0.5, 0.6) is 0 Å². The number of aromatic nitrogens is 6. The molecular formula is C70H40N6O2. The molecule has 0 N–H and O–H groups in total. The van der Waals surface area contributed by atoms with Gasteiger partial charge >= 0.3 is 0 Å². The average Bonchev–Trinajstić information content (AvgIpc) is 4.54. The lowest BCUT2D eigenvalue weighted by molar-refractivity contribution is 0.672. The van der Waals surface area contributed by atoms with Crippen molar-refractivity contribution in [3.63, 3.8) is 0 Å². The zero-order valence-corrected chi connectivity index (χ0v) is 41.6. The van der Waals surface area contributed by atoms with Crippen LogP contribution >= 0.6 is 0 Å². The summed E-state index contributed by atoms with van der Waals surface area (Å²) in [4.78, 5) is 9.82. The van der Waals surface area contributed by atoms with E-state index in [4.69, 9.17) is 18.8 Å². The second-order valence-corrected chi connectivity index (χ2v) is 20.5. The third-order valence-corrected chi connectivity index (χ3v) is 16.5. The SMILES string of the molecule is c1ccc2c(c1)c1ccccc1n2-c1ccc2oc3c(ccc4c3c3ccccc3n4-c3cncc(-c4cncc(-n5c6ccccc6c6c7oc8ccc(-n9c%10ccccc%10c%10ccccc%109)cc8c7ccc65)c4)c3)c2c1. The summed E-state index contributed by atoms with van der Waals surface area (Å²) in [6, 6.07) is 78.3. The minimum atomic E-state index is 0.852.